The van der Waals surface area contributed by atoms with Crippen LogP contribution in [0.1, 0.15) is 43.9 Å². The molecule has 1 aromatic carbocycles. The summed E-state index contributed by atoms with van der Waals surface area (Å²) in [6, 6.07) is 4.08. The first kappa shape index (κ1) is 16.6. The lowest BCUT2D eigenvalue weighted by Crippen LogP contribution is -2.36. The molecule has 1 atom stereocenters. The molecule has 0 radical (unpaired) electrons. The normalized spacial score (nSPS) is 20.9. The van der Waals surface area contributed by atoms with Gasteiger partial charge >= 0.3 is 12.1 Å². The van der Waals surface area contributed by atoms with Crippen LogP contribution in [0.3, 0.4) is 0 Å². The summed E-state index contributed by atoms with van der Waals surface area (Å²) in [7, 11) is 0. The van der Waals surface area contributed by atoms with E-state index in [2.05, 4.69) is 6.58 Å². The van der Waals surface area contributed by atoms with Crippen molar-refractivity contribution in [2.24, 2.45) is 5.92 Å². The van der Waals surface area contributed by atoms with E-state index in [0.717, 1.165) is 6.07 Å². The van der Waals surface area contributed by atoms with E-state index in [-0.39, 0.29) is 23.5 Å². The van der Waals surface area contributed by atoms with Crippen LogP contribution in [-0.4, -0.2) is 5.97 Å². The number of fused-ring (bicyclic) bond motifs is 1. The lowest BCUT2D eigenvalue weighted by atomic mass is 9.84. The molecule has 0 heterocycles. The van der Waals surface area contributed by atoms with E-state index < -0.39 is 23.3 Å². The molecular formula is C17H19F3O2. The minimum absolute atomic E-state index is 0.138. The topological polar surface area (TPSA) is 26.3 Å². The third kappa shape index (κ3) is 2.64. The Morgan fingerprint density at radius 3 is 2.50 bits per heavy atom. The SMILES string of the molecule is C=C(C)C(=O)OC1(C(C)C)CCc2c(C(F)(F)F)cccc21. The number of hydrogen-bond acceptors (Lipinski definition) is 2. The molecule has 1 unspecified atom stereocenters. The molecule has 0 spiro atoms. The third-order valence-corrected chi connectivity index (χ3v) is 4.24. The molecule has 0 saturated heterocycles. The van der Waals surface area contributed by atoms with Crippen molar-refractivity contribution < 1.29 is 22.7 Å². The molecule has 2 rings (SSSR count). The molecule has 0 aliphatic heterocycles. The first-order valence-electron chi connectivity index (χ1n) is 7.18. The Labute approximate surface area is 128 Å². The predicted octanol–water partition coefficient (Wildman–Crippen LogP) is 4.62. The fourth-order valence-corrected chi connectivity index (χ4v) is 3.04. The van der Waals surface area contributed by atoms with Gasteiger partial charge in [0.15, 0.2) is 0 Å². The Kier molecular flexibility index (Phi) is 4.11. The molecule has 0 N–H and O–H groups in total. The van der Waals surface area contributed by atoms with Gasteiger partial charge in [-0.3, -0.25) is 0 Å². The average molecular weight is 312 g/mol. The molecule has 120 valence electrons. The minimum Gasteiger partial charge on any atom is -0.451 e. The molecule has 0 fully saturated rings. The second kappa shape index (κ2) is 5.45. The third-order valence-electron chi connectivity index (χ3n) is 4.24. The van der Waals surface area contributed by atoms with Crippen LogP contribution in [0.4, 0.5) is 13.2 Å². The smallest absolute Gasteiger partial charge is 0.416 e. The lowest BCUT2D eigenvalue weighted by molar-refractivity contribution is -0.161. The molecular weight excluding hydrogens is 293 g/mol. The van der Waals surface area contributed by atoms with E-state index in [4.69, 9.17) is 4.74 Å². The van der Waals surface area contributed by atoms with Crippen molar-refractivity contribution in [1.82, 2.24) is 0 Å². The molecule has 1 aromatic rings. The summed E-state index contributed by atoms with van der Waals surface area (Å²) in [4.78, 5) is 12.0. The molecule has 22 heavy (non-hydrogen) atoms. The molecule has 0 amide bonds. The van der Waals surface area contributed by atoms with E-state index in [1.807, 2.05) is 13.8 Å². The summed E-state index contributed by atoms with van der Waals surface area (Å²) < 4.78 is 45.1. The number of alkyl halides is 3. The van der Waals surface area contributed by atoms with Gasteiger partial charge in [0.1, 0.15) is 5.60 Å². The Morgan fingerprint density at radius 1 is 1.36 bits per heavy atom. The van der Waals surface area contributed by atoms with Crippen LogP contribution in [-0.2, 0) is 27.7 Å². The van der Waals surface area contributed by atoms with Crippen LogP contribution in [0.25, 0.3) is 0 Å². The molecule has 0 bridgehead atoms. The van der Waals surface area contributed by atoms with Gasteiger partial charge in [-0.2, -0.15) is 13.2 Å². The number of carbonyl (C=O) groups is 1. The minimum atomic E-state index is -4.41. The van der Waals surface area contributed by atoms with Gasteiger partial charge in [0.2, 0.25) is 0 Å². The summed E-state index contributed by atoms with van der Waals surface area (Å²) >= 11 is 0. The highest BCUT2D eigenvalue weighted by Gasteiger charge is 2.48. The van der Waals surface area contributed by atoms with Crippen LogP contribution in [0, 0.1) is 5.92 Å². The highest BCUT2D eigenvalue weighted by atomic mass is 19.4. The van der Waals surface area contributed by atoms with Gasteiger partial charge in [-0.15, -0.1) is 0 Å². The summed E-state index contributed by atoms with van der Waals surface area (Å²) in [6.07, 6.45) is -3.81. The predicted molar refractivity (Wildman–Crippen MR) is 77.2 cm³/mol. The van der Waals surface area contributed by atoms with Gasteiger partial charge in [0.05, 0.1) is 5.56 Å². The fourth-order valence-electron chi connectivity index (χ4n) is 3.04. The van der Waals surface area contributed by atoms with Gasteiger partial charge in [-0.1, -0.05) is 32.6 Å². The first-order chi connectivity index (χ1) is 10.1. The maximum Gasteiger partial charge on any atom is 0.416 e. The van der Waals surface area contributed by atoms with E-state index >= 15 is 0 Å². The maximum atomic E-state index is 13.2. The number of halogens is 3. The zero-order valence-corrected chi connectivity index (χ0v) is 12.9. The van der Waals surface area contributed by atoms with Crippen molar-refractivity contribution in [1.29, 1.82) is 0 Å². The largest absolute Gasteiger partial charge is 0.451 e. The van der Waals surface area contributed by atoms with Crippen molar-refractivity contribution in [2.45, 2.75) is 45.4 Å². The Morgan fingerprint density at radius 2 is 2.00 bits per heavy atom. The van der Waals surface area contributed by atoms with Crippen molar-refractivity contribution in [3.8, 4) is 0 Å². The standard InChI is InChI=1S/C17H19F3O2/c1-10(2)15(21)22-16(11(3)4)9-8-12-13(16)6-5-7-14(12)17(18,19)20/h5-7,11H,1,8-9H2,2-4H3. The number of carbonyl (C=O) groups excluding carboxylic acids is 1. The van der Waals surface area contributed by atoms with Crippen LogP contribution < -0.4 is 0 Å². The number of esters is 1. The zero-order valence-electron chi connectivity index (χ0n) is 12.9. The van der Waals surface area contributed by atoms with Crippen molar-refractivity contribution in [2.75, 3.05) is 0 Å². The second-order valence-corrected chi connectivity index (χ2v) is 6.04. The van der Waals surface area contributed by atoms with Crippen LogP contribution in [0.15, 0.2) is 30.4 Å². The molecule has 1 aliphatic carbocycles. The van der Waals surface area contributed by atoms with Crippen molar-refractivity contribution in [3.63, 3.8) is 0 Å². The van der Waals surface area contributed by atoms with Crippen LogP contribution in [0.2, 0.25) is 0 Å². The second-order valence-electron chi connectivity index (χ2n) is 6.04. The molecule has 0 aromatic heterocycles. The van der Waals surface area contributed by atoms with E-state index in [9.17, 15) is 18.0 Å². The van der Waals surface area contributed by atoms with Gasteiger partial charge in [-0.25, -0.2) is 4.79 Å². The van der Waals surface area contributed by atoms with Crippen molar-refractivity contribution >= 4 is 5.97 Å². The van der Waals surface area contributed by atoms with E-state index in [1.54, 1.807) is 6.07 Å². The average Bonchev–Trinajstić information content (AvgIpc) is 2.77. The van der Waals surface area contributed by atoms with Gasteiger partial charge in [0, 0.05) is 5.57 Å². The molecule has 1 aliphatic rings. The number of benzene rings is 1. The molecule has 2 nitrogen and oxygen atoms in total. The summed E-state index contributed by atoms with van der Waals surface area (Å²) in [5, 5.41) is 0. The van der Waals surface area contributed by atoms with Gasteiger partial charge < -0.3 is 4.74 Å². The van der Waals surface area contributed by atoms with Crippen LogP contribution in [0.5, 0.6) is 0 Å². The van der Waals surface area contributed by atoms with E-state index in [0.29, 0.717) is 12.0 Å². The first-order valence-corrected chi connectivity index (χ1v) is 7.18. The summed E-state index contributed by atoms with van der Waals surface area (Å²) in [5.74, 6) is -0.709. The lowest BCUT2D eigenvalue weighted by Gasteiger charge is -2.34. The zero-order chi connectivity index (χ0) is 16.7. The van der Waals surface area contributed by atoms with Gasteiger partial charge in [-0.05, 0) is 42.9 Å². The van der Waals surface area contributed by atoms with E-state index in [1.165, 1.54) is 13.0 Å². The van der Waals surface area contributed by atoms with Gasteiger partial charge in [0.25, 0.3) is 0 Å². The monoisotopic (exact) mass is 312 g/mol. The molecule has 0 saturated carbocycles. The highest BCUT2D eigenvalue weighted by Crippen LogP contribution is 2.49. The number of rotatable bonds is 3. The Balaban J connectivity index is 2.56. The van der Waals surface area contributed by atoms with Crippen LogP contribution >= 0.6 is 0 Å². The highest BCUT2D eigenvalue weighted by molar-refractivity contribution is 5.87. The van der Waals surface area contributed by atoms with Crippen molar-refractivity contribution in [3.05, 3.63) is 47.0 Å². The summed E-state index contributed by atoms with van der Waals surface area (Å²) in [5.41, 5.74) is -0.725. The number of ether oxygens (including phenoxy) is 1. The Hall–Kier alpha value is -1.78. The fraction of sp³-hybridized carbons (Fsp3) is 0.471. The quantitative estimate of drug-likeness (QED) is 0.601. The molecule has 5 heteroatoms. The maximum absolute atomic E-state index is 13.2. The Bertz CT molecular complexity index is 617. The summed E-state index contributed by atoms with van der Waals surface area (Å²) in [6.45, 7) is 8.77. The number of hydrogen-bond donors (Lipinski definition) is 0.